The van der Waals surface area contributed by atoms with Crippen molar-refractivity contribution in [2.45, 2.75) is 25.5 Å². The van der Waals surface area contributed by atoms with E-state index in [0.29, 0.717) is 11.3 Å². The van der Waals surface area contributed by atoms with Crippen molar-refractivity contribution in [3.8, 4) is 11.5 Å². The second-order valence-corrected chi connectivity index (χ2v) is 25.4. The number of hydrogen-bond donors (Lipinski definition) is 5. The van der Waals surface area contributed by atoms with E-state index in [4.69, 9.17) is 46.4 Å². The molecule has 10 rings (SSSR count). The molecule has 90 heavy (non-hydrogen) atoms. The van der Waals surface area contributed by atoms with Crippen LogP contribution in [-0.2, 0) is 40.2 Å². The molecule has 28 nitrogen and oxygen atoms in total. The number of hydrogen-bond acceptors (Lipinski definition) is 26. The van der Waals surface area contributed by atoms with E-state index in [1.54, 1.807) is 97.1 Å². The van der Waals surface area contributed by atoms with E-state index in [9.17, 15) is 67.7 Å². The van der Waals surface area contributed by atoms with Crippen molar-refractivity contribution in [2.24, 2.45) is 20.5 Å². The number of nitro groups is 1. The minimum atomic E-state index is -5.32. The summed E-state index contributed by atoms with van der Waals surface area (Å²) in [4.78, 5) is 30.8. The maximum absolute atomic E-state index is 14.6. The maximum Gasteiger partial charge on any atom is 1.00 e. The van der Waals surface area contributed by atoms with Crippen molar-refractivity contribution in [2.75, 3.05) is 16.4 Å². The minimum Gasteiger partial charge on any atom is -0.744 e. The van der Waals surface area contributed by atoms with Gasteiger partial charge in [-0.1, -0.05) is 84.9 Å². The first kappa shape index (κ1) is 70.4. The number of benzene rings is 8. The normalized spacial score (nSPS) is 12.2. The Bertz CT molecular complexity index is 4940. The molecule has 5 N–H and O–H groups in total. The number of halogens is 4. The van der Waals surface area contributed by atoms with Gasteiger partial charge < -0.3 is 30.0 Å². The number of azo groups is 2. The molecule has 0 fully saturated rings. The zero-order valence-electron chi connectivity index (χ0n) is 45.5. The number of nitrogens with zero attached hydrogens (tertiary/aromatic N) is 11. The van der Waals surface area contributed by atoms with E-state index in [1.165, 1.54) is 18.2 Å². The van der Waals surface area contributed by atoms with Crippen LogP contribution in [0.15, 0.2) is 192 Å². The van der Waals surface area contributed by atoms with E-state index in [2.05, 4.69) is 61.0 Å². The Balaban J connectivity index is 0.000000267. The molecule has 10 aromatic rings. The van der Waals surface area contributed by atoms with Gasteiger partial charge in [0, 0.05) is 28.3 Å². The number of anilines is 4. The molecule has 0 saturated heterocycles. The van der Waals surface area contributed by atoms with Crippen LogP contribution < -0.4 is 69.7 Å². The Morgan fingerprint density at radius 3 is 1.27 bits per heavy atom. The van der Waals surface area contributed by atoms with Gasteiger partial charge in [-0.2, -0.15) is 48.6 Å². The van der Waals surface area contributed by atoms with Crippen LogP contribution >= 0.6 is 46.4 Å². The van der Waals surface area contributed by atoms with Crippen molar-refractivity contribution >= 4 is 160 Å². The van der Waals surface area contributed by atoms with Crippen molar-refractivity contribution in [3.63, 3.8) is 0 Å². The molecule has 0 aliphatic rings. The minimum absolute atomic E-state index is 0. The second kappa shape index (κ2) is 29.0. The smallest absolute Gasteiger partial charge is 0.744 e. The van der Waals surface area contributed by atoms with Gasteiger partial charge in [0.1, 0.15) is 36.5 Å². The summed E-state index contributed by atoms with van der Waals surface area (Å²) in [5, 5.41) is 52.8. The number of nitro benzene ring substituents is 1. The van der Waals surface area contributed by atoms with Gasteiger partial charge in [0.2, 0.25) is 33.0 Å². The van der Waals surface area contributed by atoms with E-state index in [-0.39, 0.29) is 142 Å². The molecule has 0 bridgehead atoms. The van der Waals surface area contributed by atoms with E-state index in [0.717, 1.165) is 36.4 Å². The fraction of sp³-hybridized carbons (Fsp3) is 0.0385. The van der Waals surface area contributed by atoms with Crippen LogP contribution in [0.4, 0.5) is 51.7 Å². The summed E-state index contributed by atoms with van der Waals surface area (Å²) in [5.74, 6) is -4.05. The summed E-state index contributed by atoms with van der Waals surface area (Å²) in [7, 11) is -20.0. The summed E-state index contributed by atoms with van der Waals surface area (Å²) < 4.78 is 136. The van der Waals surface area contributed by atoms with Gasteiger partial charge in [0.05, 0.1) is 48.1 Å². The van der Waals surface area contributed by atoms with Crippen LogP contribution in [0.5, 0.6) is 11.5 Å². The molecule has 8 aromatic carbocycles. The van der Waals surface area contributed by atoms with Crippen LogP contribution in [0.25, 0.3) is 21.5 Å². The number of phenols is 2. The first-order valence-corrected chi connectivity index (χ1v) is 31.7. The van der Waals surface area contributed by atoms with Gasteiger partial charge in [0.25, 0.3) is 15.8 Å². The molecular weight excluding hydrogens is 1360 g/mol. The number of nitrogens with one attached hydrogen (secondary N) is 2. The zero-order valence-corrected chi connectivity index (χ0v) is 55.8. The third-order valence-electron chi connectivity index (χ3n) is 12.2. The summed E-state index contributed by atoms with van der Waals surface area (Å²) in [6.45, 7) is 0. The largest absolute Gasteiger partial charge is 1.00 e. The van der Waals surface area contributed by atoms with Crippen LogP contribution in [0.1, 0.15) is 17.0 Å². The topological polar surface area (TPSA) is 437 Å². The molecule has 1 atom stereocenters. The summed E-state index contributed by atoms with van der Waals surface area (Å²) in [6.07, 6.45) is 0. The second-order valence-electron chi connectivity index (χ2n) is 17.9. The Hall–Kier alpha value is -7.06. The van der Waals surface area contributed by atoms with Gasteiger partial charge in [-0.05, 0) is 123 Å². The molecule has 0 amide bonds. The van der Waals surface area contributed by atoms with Crippen molar-refractivity contribution in [3.05, 3.63) is 194 Å². The number of para-hydroxylation sites is 1. The average molecular weight is 1400 g/mol. The molecule has 2 aromatic heterocycles. The Kier molecular flexibility index (Phi) is 22.7. The molecular formula is C52H33Cl4N13Na2O15S4. The standard InChI is InChI=1S/C33H23Cl2N7O8S2.C19H12Cl2N6O7S2.2Na/c34-31-37-32(35)39-33(38-31)36-25-17-23-20(16-28(52(48,49)50)29(30(23)43)41-40-21-11-5-2-6-12-21)15-27(25)51(46,47)18-24(19-9-3-1-4-10-19)22-13-7-8-14-26(22)42(44)45;20-17-23-18(21)25-19(24-17)22-12-8-11-9(6-13(12)35(29,30)31)7-14(36(32,33)34)15(16(11)28)27-26-10-4-2-1-3-5-10;;/h1-17,24,43H,18H2,(H,48,49,50)(H,36,37,38,39);1-8,28H,(H,29,30,31)(H,32,33,34)(H,22,23,24,25);;/q;;2*+1/p-2. The van der Waals surface area contributed by atoms with E-state index >= 15 is 0 Å². The van der Waals surface area contributed by atoms with E-state index in [1.807, 2.05) is 0 Å². The number of rotatable bonds is 17. The number of phenolic OH excluding ortho intramolecular Hbond substituents is 2. The maximum atomic E-state index is 14.6. The summed E-state index contributed by atoms with van der Waals surface area (Å²) in [6, 6.07) is 35.8. The van der Waals surface area contributed by atoms with Crippen molar-refractivity contribution in [1.82, 2.24) is 29.9 Å². The SMILES string of the molecule is O=S(=O)([O-])c1cc2cc(S(=O)(=O)O)c(Nc3nc(Cl)nc(Cl)n3)cc2c(O)c1N=Nc1ccccc1.O=[N+]([O-])c1ccccc1C(CS(=O)(=O)c1cc2cc(S(=O)(=O)[O-])c(N=Nc3ccccc3)c(O)c2cc1Nc1nc(Cl)nc(Cl)n1)c1ccccc1.[Na+].[Na+]. The van der Waals surface area contributed by atoms with Gasteiger partial charge in [-0.3, -0.25) is 14.7 Å². The van der Waals surface area contributed by atoms with Crippen LogP contribution in [0.3, 0.4) is 0 Å². The van der Waals surface area contributed by atoms with Gasteiger partial charge in [0.15, 0.2) is 21.3 Å². The van der Waals surface area contributed by atoms with Crippen molar-refractivity contribution < 1.29 is 122 Å². The Morgan fingerprint density at radius 1 is 0.500 bits per heavy atom. The predicted octanol–water partition coefficient (Wildman–Crippen LogP) is 5.97. The molecule has 2 heterocycles. The number of sulfone groups is 1. The molecule has 0 radical (unpaired) electrons. The fourth-order valence-corrected chi connectivity index (χ4v) is 12.9. The zero-order chi connectivity index (χ0) is 63.5. The molecule has 450 valence electrons. The fourth-order valence-electron chi connectivity index (χ4n) is 8.51. The Labute approximate surface area is 573 Å². The quantitative estimate of drug-likeness (QED) is 0.0230. The first-order valence-electron chi connectivity index (χ1n) is 24.2. The monoisotopic (exact) mass is 1390 g/mol. The molecule has 38 heteroatoms. The summed E-state index contributed by atoms with van der Waals surface area (Å²) >= 11 is 23.4. The van der Waals surface area contributed by atoms with Gasteiger partial charge in [-0.25, -0.2) is 25.3 Å². The Morgan fingerprint density at radius 2 is 0.867 bits per heavy atom. The third kappa shape index (κ3) is 16.9. The molecule has 0 saturated carbocycles. The van der Waals surface area contributed by atoms with Crippen LogP contribution in [0.2, 0.25) is 21.1 Å². The number of aromatic hydroxyl groups is 2. The van der Waals surface area contributed by atoms with Gasteiger partial charge >= 0.3 is 59.1 Å². The molecule has 0 spiro atoms. The molecule has 1 unspecified atom stereocenters. The van der Waals surface area contributed by atoms with Gasteiger partial charge in [-0.15, -0.1) is 10.2 Å². The average Bonchev–Trinajstić information content (AvgIpc) is 0.779. The van der Waals surface area contributed by atoms with Crippen molar-refractivity contribution in [1.29, 1.82) is 0 Å². The van der Waals surface area contributed by atoms with Crippen LogP contribution in [-0.4, -0.2) is 98.1 Å². The first-order chi connectivity index (χ1) is 41.5. The summed E-state index contributed by atoms with van der Waals surface area (Å²) in [5.41, 5.74) is -1.18. The number of aromatic nitrogens is 6. The van der Waals surface area contributed by atoms with E-state index < -0.39 is 99.2 Å². The van der Waals surface area contributed by atoms with Crippen LogP contribution in [0, 0.1) is 10.1 Å². The molecule has 0 aliphatic carbocycles. The predicted molar refractivity (Wildman–Crippen MR) is 318 cm³/mol. The molecule has 0 aliphatic heterocycles. The third-order valence-corrected chi connectivity index (χ3v) is 17.3. The number of fused-ring (bicyclic) bond motifs is 2.